The molecule has 2 heterocycles. The molecule has 1 aromatic heterocycles. The molecule has 0 bridgehead atoms. The van der Waals surface area contributed by atoms with Gasteiger partial charge in [-0.1, -0.05) is 6.07 Å². The van der Waals surface area contributed by atoms with Crippen LogP contribution in [-0.2, 0) is 0 Å². The van der Waals surface area contributed by atoms with Crippen molar-refractivity contribution < 1.29 is 9.47 Å². The minimum atomic E-state index is 0.00301. The normalized spacial score (nSPS) is 18.2. The second-order valence-electron chi connectivity index (χ2n) is 5.83. The van der Waals surface area contributed by atoms with Gasteiger partial charge in [0.25, 0.3) is 0 Å². The summed E-state index contributed by atoms with van der Waals surface area (Å²) >= 11 is 0. The summed E-state index contributed by atoms with van der Waals surface area (Å²) in [5, 5.41) is 7.50. The van der Waals surface area contributed by atoms with Crippen molar-refractivity contribution in [1.82, 2.24) is 20.1 Å². The Balaban J connectivity index is 1.69. The van der Waals surface area contributed by atoms with Gasteiger partial charge in [0.15, 0.2) is 17.3 Å². The largest absolute Gasteiger partial charge is 0.454 e. The Morgan fingerprint density at radius 2 is 2.05 bits per heavy atom. The van der Waals surface area contributed by atoms with Crippen molar-refractivity contribution in [2.45, 2.75) is 24.8 Å². The van der Waals surface area contributed by atoms with Gasteiger partial charge in [-0.25, -0.2) is 4.98 Å². The zero-order valence-corrected chi connectivity index (χ0v) is 12.2. The van der Waals surface area contributed by atoms with Crippen LogP contribution in [0.15, 0.2) is 18.2 Å². The highest BCUT2D eigenvalue weighted by atomic mass is 16.7. The summed E-state index contributed by atoms with van der Waals surface area (Å²) in [6, 6.07) is 6.01. The van der Waals surface area contributed by atoms with E-state index < -0.39 is 0 Å². The van der Waals surface area contributed by atoms with Crippen LogP contribution in [0.1, 0.15) is 42.0 Å². The van der Waals surface area contributed by atoms with Crippen LogP contribution in [0.25, 0.3) is 0 Å². The third-order valence-electron chi connectivity index (χ3n) is 3.96. The number of aromatic nitrogens is 3. The summed E-state index contributed by atoms with van der Waals surface area (Å²) in [6.45, 7) is 0.290. The van der Waals surface area contributed by atoms with E-state index in [-0.39, 0.29) is 12.8 Å². The molecule has 1 N–H and O–H groups in total. The molecule has 1 aromatic carbocycles. The van der Waals surface area contributed by atoms with Gasteiger partial charge in [0.05, 0.1) is 6.04 Å². The van der Waals surface area contributed by atoms with E-state index in [2.05, 4.69) is 20.1 Å². The van der Waals surface area contributed by atoms with Crippen LogP contribution in [-0.4, -0.2) is 41.0 Å². The number of aromatic amines is 1. The first-order valence-corrected chi connectivity index (χ1v) is 7.20. The van der Waals surface area contributed by atoms with Crippen LogP contribution in [0.2, 0.25) is 0 Å². The zero-order chi connectivity index (χ0) is 14.4. The van der Waals surface area contributed by atoms with Crippen molar-refractivity contribution in [3.63, 3.8) is 0 Å². The van der Waals surface area contributed by atoms with Gasteiger partial charge in [-0.3, -0.25) is 10.00 Å². The molecule has 4 rings (SSSR count). The Bertz CT molecular complexity index is 663. The minimum Gasteiger partial charge on any atom is -0.454 e. The third kappa shape index (κ3) is 2.25. The molecule has 2 aliphatic rings. The van der Waals surface area contributed by atoms with E-state index in [1.165, 1.54) is 12.8 Å². The lowest BCUT2D eigenvalue weighted by atomic mass is 10.0. The first-order valence-electron chi connectivity index (χ1n) is 7.20. The van der Waals surface area contributed by atoms with E-state index in [1.807, 2.05) is 32.3 Å². The molecule has 0 amide bonds. The topological polar surface area (TPSA) is 63.3 Å². The molecule has 1 saturated carbocycles. The van der Waals surface area contributed by atoms with Crippen molar-refractivity contribution in [2.24, 2.45) is 0 Å². The Hall–Kier alpha value is -2.08. The first-order chi connectivity index (χ1) is 10.2. The predicted octanol–water partition coefficient (Wildman–Crippen LogP) is 2.06. The van der Waals surface area contributed by atoms with Gasteiger partial charge in [-0.05, 0) is 44.6 Å². The fourth-order valence-electron chi connectivity index (χ4n) is 2.71. The van der Waals surface area contributed by atoms with E-state index in [0.29, 0.717) is 5.92 Å². The van der Waals surface area contributed by atoms with E-state index in [4.69, 9.17) is 9.47 Å². The number of hydrogen-bond donors (Lipinski definition) is 1. The summed E-state index contributed by atoms with van der Waals surface area (Å²) in [5.74, 6) is 3.98. The zero-order valence-electron chi connectivity index (χ0n) is 12.2. The van der Waals surface area contributed by atoms with Crippen molar-refractivity contribution in [3.8, 4) is 11.5 Å². The summed E-state index contributed by atoms with van der Waals surface area (Å²) in [5.41, 5.74) is 1.10. The average molecular weight is 286 g/mol. The van der Waals surface area contributed by atoms with Gasteiger partial charge in [0, 0.05) is 5.92 Å². The van der Waals surface area contributed by atoms with Crippen LogP contribution in [0, 0.1) is 0 Å². The van der Waals surface area contributed by atoms with Gasteiger partial charge in [0.1, 0.15) is 5.82 Å². The lowest BCUT2D eigenvalue weighted by Gasteiger charge is -2.22. The van der Waals surface area contributed by atoms with E-state index in [0.717, 1.165) is 28.7 Å². The maximum Gasteiger partial charge on any atom is 0.231 e. The van der Waals surface area contributed by atoms with E-state index >= 15 is 0 Å². The maximum atomic E-state index is 5.47. The summed E-state index contributed by atoms with van der Waals surface area (Å²) in [7, 11) is 4.06. The molecule has 21 heavy (non-hydrogen) atoms. The van der Waals surface area contributed by atoms with E-state index in [1.54, 1.807) is 0 Å². The highest BCUT2D eigenvalue weighted by Crippen LogP contribution is 2.39. The van der Waals surface area contributed by atoms with Crippen LogP contribution in [0.4, 0.5) is 0 Å². The van der Waals surface area contributed by atoms with Crippen molar-refractivity contribution in [3.05, 3.63) is 35.4 Å². The number of benzene rings is 1. The standard InChI is InChI=1S/C15H18N4O2/c1-19(2)13(15-16-14(17-18-15)9-3-4-9)10-5-6-11-12(7-10)21-8-20-11/h5-7,9,13H,3-4,8H2,1-2H3,(H,16,17,18). The molecule has 0 radical (unpaired) electrons. The number of ether oxygens (including phenoxy) is 2. The Labute approximate surface area is 123 Å². The lowest BCUT2D eigenvalue weighted by molar-refractivity contribution is 0.174. The molecule has 2 aromatic rings. The molecule has 1 fully saturated rings. The molecule has 110 valence electrons. The summed E-state index contributed by atoms with van der Waals surface area (Å²) < 4.78 is 10.8. The van der Waals surface area contributed by atoms with Crippen LogP contribution < -0.4 is 9.47 Å². The fraction of sp³-hybridized carbons (Fsp3) is 0.467. The second-order valence-corrected chi connectivity index (χ2v) is 5.83. The Kier molecular flexibility index (Phi) is 2.85. The molecule has 6 nitrogen and oxygen atoms in total. The predicted molar refractivity (Wildman–Crippen MR) is 76.5 cm³/mol. The first kappa shape index (κ1) is 12.6. The highest BCUT2D eigenvalue weighted by Gasteiger charge is 2.30. The number of fused-ring (bicyclic) bond motifs is 1. The summed E-state index contributed by atoms with van der Waals surface area (Å²) in [6.07, 6.45) is 2.43. The number of rotatable bonds is 4. The molecule has 6 heteroatoms. The van der Waals surface area contributed by atoms with Crippen molar-refractivity contribution in [1.29, 1.82) is 0 Å². The Morgan fingerprint density at radius 1 is 1.24 bits per heavy atom. The monoisotopic (exact) mass is 286 g/mol. The third-order valence-corrected chi connectivity index (χ3v) is 3.96. The van der Waals surface area contributed by atoms with Crippen molar-refractivity contribution >= 4 is 0 Å². The van der Waals surface area contributed by atoms with Crippen molar-refractivity contribution in [2.75, 3.05) is 20.9 Å². The Morgan fingerprint density at radius 3 is 2.81 bits per heavy atom. The molecular formula is C15H18N4O2. The van der Waals surface area contributed by atoms with E-state index in [9.17, 15) is 0 Å². The molecule has 1 aliphatic carbocycles. The molecule has 0 saturated heterocycles. The van der Waals surface area contributed by atoms with Gasteiger partial charge in [-0.2, -0.15) is 5.10 Å². The number of H-pyrrole nitrogens is 1. The summed E-state index contributed by atoms with van der Waals surface area (Å²) in [4.78, 5) is 6.79. The molecule has 0 spiro atoms. The van der Waals surface area contributed by atoms with Gasteiger partial charge < -0.3 is 9.47 Å². The molecular weight excluding hydrogens is 268 g/mol. The molecule has 1 unspecified atom stereocenters. The maximum absolute atomic E-state index is 5.47. The number of nitrogens with zero attached hydrogens (tertiary/aromatic N) is 3. The average Bonchev–Trinajstić information content (AvgIpc) is 3.02. The highest BCUT2D eigenvalue weighted by molar-refractivity contribution is 5.46. The number of nitrogens with one attached hydrogen (secondary N) is 1. The van der Waals surface area contributed by atoms with Gasteiger partial charge in [-0.15, -0.1) is 0 Å². The van der Waals surface area contributed by atoms with Crippen LogP contribution in [0.5, 0.6) is 11.5 Å². The quantitative estimate of drug-likeness (QED) is 0.932. The van der Waals surface area contributed by atoms with Gasteiger partial charge >= 0.3 is 0 Å². The lowest BCUT2D eigenvalue weighted by Crippen LogP contribution is -2.22. The molecule has 1 atom stereocenters. The van der Waals surface area contributed by atoms with Gasteiger partial charge in [0.2, 0.25) is 6.79 Å². The fourth-order valence-corrected chi connectivity index (χ4v) is 2.71. The second kappa shape index (κ2) is 4.73. The SMILES string of the molecule is CN(C)C(c1ccc2c(c1)OCO2)c1n[nH]c(C2CC2)n1. The number of hydrogen-bond acceptors (Lipinski definition) is 5. The van der Waals surface area contributed by atoms with Crippen LogP contribution in [0.3, 0.4) is 0 Å². The smallest absolute Gasteiger partial charge is 0.231 e. The molecule has 1 aliphatic heterocycles. The van der Waals surface area contributed by atoms with Crippen LogP contribution >= 0.6 is 0 Å². The minimum absolute atomic E-state index is 0.00301.